The molecular weight excluding hydrogens is 319 g/mol. The van der Waals surface area contributed by atoms with Crippen molar-refractivity contribution in [1.82, 2.24) is 0 Å². The van der Waals surface area contributed by atoms with Crippen molar-refractivity contribution in [2.24, 2.45) is 35.5 Å². The number of fused-ring (bicyclic) bond motifs is 1. The minimum absolute atomic E-state index is 0.0577. The first-order chi connectivity index (χ1) is 11.4. The number of carbonyl (C=O) groups is 2. The van der Waals surface area contributed by atoms with Crippen LogP contribution in [0, 0.1) is 35.5 Å². The van der Waals surface area contributed by atoms with Crippen molar-refractivity contribution in [1.29, 1.82) is 0 Å². The van der Waals surface area contributed by atoms with Crippen LogP contribution in [-0.4, -0.2) is 11.8 Å². The molecule has 6 atom stereocenters. The van der Waals surface area contributed by atoms with Crippen molar-refractivity contribution in [3.63, 3.8) is 0 Å². The van der Waals surface area contributed by atoms with Gasteiger partial charge in [-0.15, -0.1) is 0 Å². The molecule has 1 aliphatic heterocycles. The van der Waals surface area contributed by atoms with E-state index >= 15 is 0 Å². The van der Waals surface area contributed by atoms with Gasteiger partial charge in [0.05, 0.1) is 23.1 Å². The van der Waals surface area contributed by atoms with Crippen LogP contribution in [0.2, 0.25) is 0 Å². The third-order valence-electron chi connectivity index (χ3n) is 6.58. The van der Waals surface area contributed by atoms with Gasteiger partial charge in [0.1, 0.15) is 0 Å². The monoisotopic (exact) mass is 335 g/mol. The van der Waals surface area contributed by atoms with Crippen LogP contribution in [0.25, 0.3) is 0 Å². The summed E-state index contributed by atoms with van der Waals surface area (Å²) in [5, 5.41) is 0. The van der Waals surface area contributed by atoms with Gasteiger partial charge in [-0.1, -0.05) is 6.07 Å². The first-order valence-corrected chi connectivity index (χ1v) is 8.43. The summed E-state index contributed by atoms with van der Waals surface area (Å²) in [6.45, 7) is 0. The van der Waals surface area contributed by atoms with Crippen LogP contribution in [0.15, 0.2) is 24.3 Å². The molecule has 5 fully saturated rings. The van der Waals surface area contributed by atoms with Crippen molar-refractivity contribution in [2.75, 3.05) is 4.90 Å². The Kier molecular flexibility index (Phi) is 2.66. The summed E-state index contributed by atoms with van der Waals surface area (Å²) in [4.78, 5) is 26.8. The van der Waals surface area contributed by atoms with E-state index in [1.807, 2.05) is 0 Å². The summed E-state index contributed by atoms with van der Waals surface area (Å²) >= 11 is 0. The highest BCUT2D eigenvalue weighted by molar-refractivity contribution is 6.22. The Bertz CT molecular complexity index is 725. The van der Waals surface area contributed by atoms with Crippen molar-refractivity contribution in [3.05, 3.63) is 29.8 Å². The second kappa shape index (κ2) is 4.41. The Morgan fingerprint density at radius 1 is 0.917 bits per heavy atom. The molecule has 1 saturated heterocycles. The van der Waals surface area contributed by atoms with Gasteiger partial charge in [-0.3, -0.25) is 14.5 Å². The molecule has 24 heavy (non-hydrogen) atoms. The molecule has 4 aliphatic carbocycles. The van der Waals surface area contributed by atoms with Crippen LogP contribution in [0.1, 0.15) is 24.8 Å². The topological polar surface area (TPSA) is 37.4 Å². The zero-order chi connectivity index (χ0) is 16.8. The van der Waals surface area contributed by atoms with Crippen LogP contribution < -0.4 is 4.90 Å². The SMILES string of the molecule is O=C1[C@@H]2[C@@H]3CC[C@@H]([C@@H]4C[C@@H]43)[C@@H]2C(=O)N1c1cccc(C(F)(F)F)c1. The third kappa shape index (κ3) is 1.74. The van der Waals surface area contributed by atoms with Gasteiger partial charge in [0, 0.05) is 0 Å². The fourth-order valence-corrected chi connectivity index (χ4v) is 5.61. The lowest BCUT2D eigenvalue weighted by molar-refractivity contribution is -0.137. The van der Waals surface area contributed by atoms with Gasteiger partial charge in [-0.25, -0.2) is 0 Å². The molecule has 0 unspecified atom stereocenters. The van der Waals surface area contributed by atoms with E-state index in [2.05, 4.69) is 0 Å². The molecular formula is C18H16F3NO2. The molecule has 5 aliphatic rings. The summed E-state index contributed by atoms with van der Waals surface area (Å²) < 4.78 is 38.8. The molecule has 0 N–H and O–H groups in total. The number of carbonyl (C=O) groups excluding carboxylic acids is 2. The molecule has 6 rings (SSSR count). The van der Waals surface area contributed by atoms with E-state index in [1.54, 1.807) is 0 Å². The number of halogens is 3. The van der Waals surface area contributed by atoms with E-state index in [9.17, 15) is 22.8 Å². The van der Waals surface area contributed by atoms with E-state index in [0.717, 1.165) is 36.3 Å². The Morgan fingerprint density at radius 2 is 1.50 bits per heavy atom. The maximum Gasteiger partial charge on any atom is 0.416 e. The van der Waals surface area contributed by atoms with E-state index in [1.165, 1.54) is 12.1 Å². The molecule has 126 valence electrons. The molecule has 0 aromatic heterocycles. The summed E-state index contributed by atoms with van der Waals surface area (Å²) in [6.07, 6.45) is -1.42. The summed E-state index contributed by atoms with van der Waals surface area (Å²) in [6, 6.07) is 4.55. The van der Waals surface area contributed by atoms with E-state index < -0.39 is 11.7 Å². The predicted octanol–water partition coefficient (Wildman–Crippen LogP) is 3.49. The average Bonchev–Trinajstić information content (AvgIpc) is 3.31. The zero-order valence-corrected chi connectivity index (χ0v) is 12.8. The first kappa shape index (κ1) is 14.5. The number of imide groups is 1. The van der Waals surface area contributed by atoms with Crippen molar-refractivity contribution in [2.45, 2.75) is 25.4 Å². The molecule has 1 heterocycles. The first-order valence-electron chi connectivity index (χ1n) is 8.43. The second-order valence-electron chi connectivity index (χ2n) is 7.58. The third-order valence-corrected chi connectivity index (χ3v) is 6.58. The Balaban J connectivity index is 1.54. The second-order valence-corrected chi connectivity index (χ2v) is 7.58. The van der Waals surface area contributed by atoms with E-state index in [4.69, 9.17) is 0 Å². The number of benzene rings is 1. The van der Waals surface area contributed by atoms with Gasteiger partial charge in [-0.05, 0) is 61.1 Å². The lowest BCUT2D eigenvalue weighted by atomic mass is 9.59. The summed E-state index contributed by atoms with van der Waals surface area (Å²) in [5.41, 5.74) is -0.774. The van der Waals surface area contributed by atoms with Crippen LogP contribution in [0.5, 0.6) is 0 Å². The number of rotatable bonds is 1. The minimum Gasteiger partial charge on any atom is -0.274 e. The number of hydrogen-bond acceptors (Lipinski definition) is 2. The zero-order valence-electron chi connectivity index (χ0n) is 12.8. The Morgan fingerprint density at radius 3 is 2.04 bits per heavy atom. The Labute approximate surface area is 136 Å². The lowest BCUT2D eigenvalue weighted by Crippen LogP contribution is -2.43. The maximum absolute atomic E-state index is 12.9. The normalized spacial score (nSPS) is 39.9. The molecule has 0 radical (unpaired) electrons. The molecule has 6 heteroatoms. The largest absolute Gasteiger partial charge is 0.416 e. The van der Waals surface area contributed by atoms with Crippen molar-refractivity contribution < 1.29 is 22.8 Å². The average molecular weight is 335 g/mol. The van der Waals surface area contributed by atoms with Crippen LogP contribution in [0.3, 0.4) is 0 Å². The Hall–Kier alpha value is -1.85. The lowest BCUT2D eigenvalue weighted by Gasteiger charge is -2.42. The van der Waals surface area contributed by atoms with Gasteiger partial charge < -0.3 is 0 Å². The molecule has 3 nitrogen and oxygen atoms in total. The number of alkyl halides is 3. The maximum atomic E-state index is 12.9. The summed E-state index contributed by atoms with van der Waals surface area (Å²) in [5.74, 6) is 0.416. The quantitative estimate of drug-likeness (QED) is 0.737. The van der Waals surface area contributed by atoms with Gasteiger partial charge >= 0.3 is 6.18 Å². The van der Waals surface area contributed by atoms with Gasteiger partial charge in [-0.2, -0.15) is 13.2 Å². The van der Waals surface area contributed by atoms with Crippen LogP contribution in [0.4, 0.5) is 18.9 Å². The van der Waals surface area contributed by atoms with Gasteiger partial charge in [0.2, 0.25) is 11.8 Å². The molecule has 0 spiro atoms. The molecule has 4 saturated carbocycles. The minimum atomic E-state index is -4.49. The number of hydrogen-bond donors (Lipinski definition) is 0. The van der Waals surface area contributed by atoms with E-state index in [0.29, 0.717) is 11.8 Å². The molecule has 2 bridgehead atoms. The van der Waals surface area contributed by atoms with Gasteiger partial charge in [0.15, 0.2) is 0 Å². The number of nitrogens with zero attached hydrogens (tertiary/aromatic N) is 1. The van der Waals surface area contributed by atoms with Crippen molar-refractivity contribution >= 4 is 17.5 Å². The standard InChI is InChI=1S/C18H16F3NO2/c19-18(20,21)8-2-1-3-9(6-8)22-16(23)14-10-4-5-11(13-7-12(10)13)15(14)17(22)24/h1-3,6,10-15H,4-5,7H2/t10-,11+,12-,13+,14-,15+. The highest BCUT2D eigenvalue weighted by atomic mass is 19.4. The van der Waals surface area contributed by atoms with Crippen LogP contribution in [-0.2, 0) is 15.8 Å². The summed E-state index contributed by atoms with van der Waals surface area (Å²) in [7, 11) is 0. The molecule has 1 aromatic carbocycles. The fourth-order valence-electron chi connectivity index (χ4n) is 5.61. The number of anilines is 1. The highest BCUT2D eigenvalue weighted by Crippen LogP contribution is 2.68. The number of amides is 2. The highest BCUT2D eigenvalue weighted by Gasteiger charge is 2.68. The predicted molar refractivity (Wildman–Crippen MR) is 78.7 cm³/mol. The molecule has 2 amide bonds. The van der Waals surface area contributed by atoms with E-state index in [-0.39, 0.29) is 41.2 Å². The molecule has 1 aromatic rings. The van der Waals surface area contributed by atoms with Crippen molar-refractivity contribution in [3.8, 4) is 0 Å². The fraction of sp³-hybridized carbons (Fsp3) is 0.556. The van der Waals surface area contributed by atoms with Crippen LogP contribution >= 0.6 is 0 Å². The smallest absolute Gasteiger partial charge is 0.274 e. The van der Waals surface area contributed by atoms with Gasteiger partial charge in [0.25, 0.3) is 0 Å².